The van der Waals surface area contributed by atoms with E-state index in [-0.39, 0.29) is 16.1 Å². The van der Waals surface area contributed by atoms with Crippen LogP contribution in [0.25, 0.3) is 33.8 Å². The van der Waals surface area contributed by atoms with Crippen LogP contribution < -0.4 is 0 Å². The van der Waals surface area contributed by atoms with E-state index in [4.69, 9.17) is 11.6 Å². The van der Waals surface area contributed by atoms with E-state index >= 15 is 4.39 Å². The normalized spacial score (nSPS) is 11.7. The van der Waals surface area contributed by atoms with E-state index in [1.54, 1.807) is 48.1 Å². The summed E-state index contributed by atoms with van der Waals surface area (Å²) in [6, 6.07) is 14.8. The first-order chi connectivity index (χ1) is 18.1. The molecule has 38 heavy (non-hydrogen) atoms. The number of aryl methyl sites for hydroxylation is 2. The van der Waals surface area contributed by atoms with Crippen LogP contribution in [0.15, 0.2) is 71.9 Å². The number of hydrogen-bond donors (Lipinski definition) is 1. The molecule has 0 atom stereocenters. The molecule has 2 aromatic heterocycles. The predicted octanol–water partition coefficient (Wildman–Crippen LogP) is 5.09. The van der Waals surface area contributed by atoms with Crippen molar-refractivity contribution in [1.29, 1.82) is 0 Å². The minimum atomic E-state index is -3.64. The van der Waals surface area contributed by atoms with E-state index in [0.29, 0.717) is 39.0 Å². The van der Waals surface area contributed by atoms with E-state index in [9.17, 15) is 13.5 Å². The van der Waals surface area contributed by atoms with Crippen LogP contribution in [-0.4, -0.2) is 44.3 Å². The van der Waals surface area contributed by atoms with Gasteiger partial charge >= 0.3 is 0 Å². The molecular weight excluding hydrogens is 529 g/mol. The molecular formula is C27H23ClFN5O3S. The van der Waals surface area contributed by atoms with Crippen molar-refractivity contribution >= 4 is 21.4 Å². The molecule has 0 saturated carbocycles. The summed E-state index contributed by atoms with van der Waals surface area (Å²) in [5.41, 5.74) is 3.80. The zero-order valence-electron chi connectivity index (χ0n) is 20.7. The number of sulfone groups is 1. The second-order valence-electron chi connectivity index (χ2n) is 8.92. The summed E-state index contributed by atoms with van der Waals surface area (Å²) in [6.45, 7) is 3.15. The lowest BCUT2D eigenvalue weighted by molar-refractivity contribution is 0.278. The minimum absolute atomic E-state index is 0.0211. The quantitative estimate of drug-likeness (QED) is 0.315. The average Bonchev–Trinajstić information content (AvgIpc) is 3.49. The number of benzene rings is 3. The number of aliphatic hydroxyl groups excluding tert-OH is 1. The van der Waals surface area contributed by atoms with Gasteiger partial charge in [0.2, 0.25) is 0 Å². The van der Waals surface area contributed by atoms with Gasteiger partial charge in [-0.05, 0) is 60.9 Å². The molecule has 194 valence electrons. The molecule has 0 saturated heterocycles. The zero-order valence-corrected chi connectivity index (χ0v) is 22.3. The minimum Gasteiger partial charge on any atom is -0.392 e. The molecule has 0 bridgehead atoms. The van der Waals surface area contributed by atoms with Gasteiger partial charge in [0, 0.05) is 23.0 Å². The summed E-state index contributed by atoms with van der Waals surface area (Å²) in [5, 5.41) is 18.6. The Morgan fingerprint density at radius 3 is 2.34 bits per heavy atom. The maximum absolute atomic E-state index is 16.0. The van der Waals surface area contributed by atoms with Gasteiger partial charge in [-0.2, -0.15) is 0 Å². The molecule has 0 aliphatic carbocycles. The van der Waals surface area contributed by atoms with Crippen molar-refractivity contribution < 1.29 is 17.9 Å². The van der Waals surface area contributed by atoms with Crippen LogP contribution in [-0.2, 0) is 16.4 Å². The number of halogens is 2. The molecule has 0 fully saturated rings. The van der Waals surface area contributed by atoms with Crippen molar-refractivity contribution in [3.05, 3.63) is 94.9 Å². The molecule has 11 heteroatoms. The predicted molar refractivity (Wildman–Crippen MR) is 143 cm³/mol. The maximum atomic E-state index is 16.0. The number of hydrogen-bond acceptors (Lipinski definition) is 6. The number of aromatic nitrogens is 5. The van der Waals surface area contributed by atoms with Crippen molar-refractivity contribution in [2.75, 3.05) is 6.26 Å². The Morgan fingerprint density at radius 2 is 1.71 bits per heavy atom. The summed E-state index contributed by atoms with van der Waals surface area (Å²) in [7, 11) is -3.64. The Kier molecular flexibility index (Phi) is 6.64. The second-order valence-corrected chi connectivity index (χ2v) is 11.3. The fraction of sp³-hybridized carbons (Fsp3) is 0.148. The van der Waals surface area contributed by atoms with Crippen LogP contribution in [0.5, 0.6) is 0 Å². The van der Waals surface area contributed by atoms with Crippen LogP contribution in [0.3, 0.4) is 0 Å². The number of nitrogens with zero attached hydrogens (tertiary/aromatic N) is 5. The fourth-order valence-electron chi connectivity index (χ4n) is 4.44. The highest BCUT2D eigenvalue weighted by molar-refractivity contribution is 7.90. The Morgan fingerprint density at radius 1 is 1.00 bits per heavy atom. The Bertz CT molecular complexity index is 1780. The van der Waals surface area contributed by atoms with Crippen molar-refractivity contribution in [2.24, 2.45) is 0 Å². The van der Waals surface area contributed by atoms with E-state index < -0.39 is 22.3 Å². The van der Waals surface area contributed by atoms with E-state index in [1.807, 2.05) is 19.1 Å². The molecule has 8 nitrogen and oxygen atoms in total. The zero-order chi connectivity index (χ0) is 27.2. The van der Waals surface area contributed by atoms with E-state index in [2.05, 4.69) is 15.3 Å². The Hall–Kier alpha value is -3.86. The molecule has 0 radical (unpaired) electrons. The third-order valence-electron chi connectivity index (χ3n) is 6.17. The van der Waals surface area contributed by atoms with Crippen molar-refractivity contribution in [2.45, 2.75) is 25.3 Å². The van der Waals surface area contributed by atoms with Crippen LogP contribution >= 0.6 is 11.6 Å². The highest BCUT2D eigenvalue weighted by atomic mass is 35.5. The van der Waals surface area contributed by atoms with E-state index in [0.717, 1.165) is 11.8 Å². The Labute approximate surface area is 223 Å². The van der Waals surface area contributed by atoms with Crippen molar-refractivity contribution in [3.8, 4) is 33.8 Å². The lowest BCUT2D eigenvalue weighted by atomic mass is 10.0. The van der Waals surface area contributed by atoms with Gasteiger partial charge in [-0.1, -0.05) is 41.1 Å². The fourth-order valence-corrected chi connectivity index (χ4v) is 5.51. The highest BCUT2D eigenvalue weighted by Gasteiger charge is 2.22. The molecule has 3 aromatic carbocycles. The summed E-state index contributed by atoms with van der Waals surface area (Å²) in [5.74, 6) is 0.0120. The summed E-state index contributed by atoms with van der Waals surface area (Å²) >= 11 is 6.07. The third kappa shape index (κ3) is 4.73. The molecule has 0 unspecified atom stereocenters. The van der Waals surface area contributed by atoms with Crippen molar-refractivity contribution in [3.63, 3.8) is 0 Å². The Balaban J connectivity index is 1.79. The summed E-state index contributed by atoms with van der Waals surface area (Å²) < 4.78 is 44.0. The molecule has 2 heterocycles. The average molecular weight is 552 g/mol. The summed E-state index contributed by atoms with van der Waals surface area (Å²) in [4.78, 5) is 4.40. The SMILES string of the molecule is Cc1cn(-c2c(F)cc(-c3ccc(CO)c(S(C)(=O)=O)c3)cc2-n2nncc2-c2ccc(Cl)cc2)c(C)n1. The number of imidazole rings is 1. The largest absolute Gasteiger partial charge is 0.392 e. The molecule has 0 spiro atoms. The molecule has 0 aliphatic heterocycles. The standard InChI is InChI=1S/C27H23ClFN5O3S/c1-16-14-33(17(2)31-16)27-23(29)10-21(19-4-5-20(15-35)26(12-19)38(3,36)37)11-24(27)34-25(13-30-32-34)18-6-8-22(28)9-7-18/h4-14,35H,15H2,1-3H3. The van der Waals surface area contributed by atoms with Crippen LogP contribution in [0, 0.1) is 19.7 Å². The first-order valence-electron chi connectivity index (χ1n) is 11.5. The van der Waals surface area contributed by atoms with E-state index in [1.165, 1.54) is 22.9 Å². The smallest absolute Gasteiger partial charge is 0.175 e. The number of aliphatic hydroxyl groups is 1. The van der Waals surface area contributed by atoms with Crippen LogP contribution in [0.1, 0.15) is 17.1 Å². The first-order valence-corrected chi connectivity index (χ1v) is 13.8. The number of rotatable bonds is 6. The summed E-state index contributed by atoms with van der Waals surface area (Å²) in [6.07, 6.45) is 4.37. The maximum Gasteiger partial charge on any atom is 0.175 e. The lowest BCUT2D eigenvalue weighted by Crippen LogP contribution is -2.10. The van der Waals surface area contributed by atoms with Gasteiger partial charge < -0.3 is 5.11 Å². The van der Waals surface area contributed by atoms with Gasteiger partial charge in [-0.3, -0.25) is 4.57 Å². The molecule has 1 N–H and O–H groups in total. The van der Waals surface area contributed by atoms with Crippen LogP contribution in [0.2, 0.25) is 5.02 Å². The molecule has 0 amide bonds. The monoisotopic (exact) mass is 551 g/mol. The highest BCUT2D eigenvalue weighted by Crippen LogP contribution is 2.34. The van der Waals surface area contributed by atoms with Gasteiger partial charge in [0.25, 0.3) is 0 Å². The lowest BCUT2D eigenvalue weighted by Gasteiger charge is -2.17. The molecule has 5 aromatic rings. The van der Waals surface area contributed by atoms with Gasteiger partial charge in [-0.15, -0.1) is 5.10 Å². The second kappa shape index (κ2) is 9.79. The van der Waals surface area contributed by atoms with Gasteiger partial charge in [-0.25, -0.2) is 22.5 Å². The molecule has 0 aliphatic rings. The topological polar surface area (TPSA) is 103 Å². The van der Waals surface area contributed by atoms with Gasteiger partial charge in [0.15, 0.2) is 9.84 Å². The van der Waals surface area contributed by atoms with Gasteiger partial charge in [0.1, 0.15) is 17.3 Å². The van der Waals surface area contributed by atoms with Crippen LogP contribution in [0.4, 0.5) is 4.39 Å². The first kappa shape index (κ1) is 25.8. The third-order valence-corrected chi connectivity index (χ3v) is 7.61. The van der Waals surface area contributed by atoms with Crippen molar-refractivity contribution in [1.82, 2.24) is 24.5 Å². The molecule has 5 rings (SSSR count). The van der Waals surface area contributed by atoms with Gasteiger partial charge in [0.05, 0.1) is 34.8 Å².